The topological polar surface area (TPSA) is 57.7 Å². The van der Waals surface area contributed by atoms with Crippen molar-refractivity contribution >= 4 is 45.3 Å². The lowest BCUT2D eigenvalue weighted by Crippen LogP contribution is -2.50. The van der Waals surface area contributed by atoms with Crippen molar-refractivity contribution in [2.75, 3.05) is 0 Å². The van der Waals surface area contributed by atoms with E-state index in [-0.39, 0.29) is 34.9 Å². The Kier molecular flexibility index (Phi) is 5.80. The Morgan fingerprint density at radius 3 is 2.50 bits per heavy atom. The average Bonchev–Trinajstić information content (AvgIpc) is 2.99. The zero-order valence-corrected chi connectivity index (χ0v) is 18.6. The predicted molar refractivity (Wildman–Crippen MR) is 117 cm³/mol. The molecule has 0 bridgehead atoms. The average molecular weight is 488 g/mol. The van der Waals surface area contributed by atoms with Gasteiger partial charge in [-0.2, -0.15) is 5.01 Å². The molecule has 154 valence electrons. The van der Waals surface area contributed by atoms with Crippen LogP contribution in [0.15, 0.2) is 65.2 Å². The van der Waals surface area contributed by atoms with Gasteiger partial charge in [-0.25, -0.2) is 5.01 Å². The first-order chi connectivity index (χ1) is 14.4. The Morgan fingerprint density at radius 1 is 1.13 bits per heavy atom. The number of hydrazine groups is 1. The molecule has 4 rings (SSSR count). The number of allylic oxidation sites excluding steroid dienone is 2. The first-order valence-electron chi connectivity index (χ1n) is 9.73. The van der Waals surface area contributed by atoms with Crippen molar-refractivity contribution in [3.05, 3.63) is 81.3 Å². The van der Waals surface area contributed by atoms with Crippen LogP contribution in [-0.2, 0) is 16.1 Å². The Balaban J connectivity index is 1.74. The van der Waals surface area contributed by atoms with Crippen molar-refractivity contribution in [2.45, 2.75) is 19.9 Å². The van der Waals surface area contributed by atoms with E-state index in [2.05, 4.69) is 15.9 Å². The molecule has 0 aromatic heterocycles. The van der Waals surface area contributed by atoms with Gasteiger partial charge in [-0.1, -0.05) is 70.9 Å². The molecule has 1 saturated heterocycles. The number of hydrogen-bond donors (Lipinski definition) is 0. The fourth-order valence-electron chi connectivity index (χ4n) is 4.14. The molecule has 0 spiro atoms. The quantitative estimate of drug-likeness (QED) is 0.457. The van der Waals surface area contributed by atoms with E-state index < -0.39 is 17.7 Å². The number of benzene rings is 2. The van der Waals surface area contributed by atoms with Crippen molar-refractivity contribution in [1.82, 2.24) is 10.0 Å². The summed E-state index contributed by atoms with van der Waals surface area (Å²) in [6.45, 7) is 2.01. The highest BCUT2D eigenvalue weighted by Crippen LogP contribution is 2.39. The van der Waals surface area contributed by atoms with Gasteiger partial charge in [0, 0.05) is 4.47 Å². The molecular weight excluding hydrogens is 468 g/mol. The monoisotopic (exact) mass is 486 g/mol. The minimum Gasteiger partial charge on any atom is -0.272 e. The zero-order valence-electron chi connectivity index (χ0n) is 16.3. The summed E-state index contributed by atoms with van der Waals surface area (Å²) >= 11 is 9.66. The van der Waals surface area contributed by atoms with Crippen LogP contribution in [0.3, 0.4) is 0 Å². The third kappa shape index (κ3) is 3.70. The van der Waals surface area contributed by atoms with Crippen molar-refractivity contribution in [3.63, 3.8) is 0 Å². The fourth-order valence-corrected chi connectivity index (χ4v) is 4.62. The summed E-state index contributed by atoms with van der Waals surface area (Å²) in [5.41, 5.74) is 1.04. The number of imide groups is 1. The number of nitrogens with zero attached hydrogens (tertiary/aromatic N) is 2. The van der Waals surface area contributed by atoms with Crippen LogP contribution in [0, 0.1) is 17.8 Å². The van der Waals surface area contributed by atoms with Gasteiger partial charge >= 0.3 is 0 Å². The minimum absolute atomic E-state index is 0.0601. The normalized spacial score (nSPS) is 22.9. The number of amides is 3. The van der Waals surface area contributed by atoms with Crippen LogP contribution in [0.25, 0.3) is 0 Å². The van der Waals surface area contributed by atoms with Crippen LogP contribution in [-0.4, -0.2) is 27.7 Å². The van der Waals surface area contributed by atoms with Crippen LogP contribution in [0.2, 0.25) is 5.02 Å². The van der Waals surface area contributed by atoms with Crippen molar-refractivity contribution in [3.8, 4) is 0 Å². The Bertz CT molecular complexity index is 1040. The number of fused-ring (bicyclic) bond motifs is 1. The number of hydrogen-bond acceptors (Lipinski definition) is 3. The van der Waals surface area contributed by atoms with Crippen LogP contribution in [0.5, 0.6) is 0 Å². The van der Waals surface area contributed by atoms with Gasteiger partial charge in [0.2, 0.25) is 0 Å². The molecule has 0 unspecified atom stereocenters. The smallest absolute Gasteiger partial charge is 0.272 e. The first-order valence-corrected chi connectivity index (χ1v) is 10.9. The van der Waals surface area contributed by atoms with Gasteiger partial charge < -0.3 is 0 Å². The van der Waals surface area contributed by atoms with E-state index in [0.29, 0.717) is 6.42 Å². The molecule has 3 amide bonds. The van der Waals surface area contributed by atoms with Gasteiger partial charge in [-0.15, -0.1) is 0 Å². The standard InChI is InChI=1S/C23H20BrClN2O3/c1-14-5-4-7-18-20(14)23(30)27(22(18)29)26(13-15-9-11-16(24)12-10-15)21(28)17-6-2-3-8-19(17)25/h2-6,8-12,14,18,20H,7,13H2,1H3/t14-,18+,20-/m1/s1. The molecule has 1 fully saturated rings. The maximum atomic E-state index is 13.5. The number of rotatable bonds is 4. The predicted octanol–water partition coefficient (Wildman–Crippen LogP) is 4.86. The lowest BCUT2D eigenvalue weighted by atomic mass is 9.78. The summed E-state index contributed by atoms with van der Waals surface area (Å²) < 4.78 is 0.898. The molecule has 0 N–H and O–H groups in total. The van der Waals surface area contributed by atoms with Gasteiger partial charge in [0.25, 0.3) is 17.7 Å². The highest BCUT2D eigenvalue weighted by molar-refractivity contribution is 9.10. The molecule has 2 aliphatic rings. The van der Waals surface area contributed by atoms with E-state index in [0.717, 1.165) is 15.0 Å². The molecule has 1 aliphatic heterocycles. The third-order valence-electron chi connectivity index (χ3n) is 5.68. The molecule has 7 heteroatoms. The molecular formula is C23H20BrClN2O3. The maximum absolute atomic E-state index is 13.5. The number of halogens is 2. The SMILES string of the molecule is C[C@@H]1C=CC[C@@H]2C(=O)N(N(Cc3ccc(Br)cc3)C(=O)c3ccccc3Cl)C(=O)[C@H]12. The van der Waals surface area contributed by atoms with Gasteiger partial charge in [-0.3, -0.25) is 14.4 Å². The lowest BCUT2D eigenvalue weighted by Gasteiger charge is -2.31. The summed E-state index contributed by atoms with van der Waals surface area (Å²) in [7, 11) is 0. The molecule has 0 radical (unpaired) electrons. The van der Waals surface area contributed by atoms with Crippen LogP contribution in [0.4, 0.5) is 0 Å². The molecule has 1 heterocycles. The molecule has 3 atom stereocenters. The Labute approximate surface area is 188 Å². The van der Waals surface area contributed by atoms with Gasteiger partial charge in [0.15, 0.2) is 0 Å². The van der Waals surface area contributed by atoms with Crippen molar-refractivity contribution < 1.29 is 14.4 Å². The Hall–Kier alpha value is -2.44. The van der Waals surface area contributed by atoms with Crippen LogP contribution < -0.4 is 0 Å². The highest BCUT2D eigenvalue weighted by Gasteiger charge is 2.53. The summed E-state index contributed by atoms with van der Waals surface area (Å²) in [5.74, 6) is -2.10. The largest absolute Gasteiger partial charge is 0.274 e. The second-order valence-corrected chi connectivity index (χ2v) is 8.94. The van der Waals surface area contributed by atoms with Crippen LogP contribution in [0.1, 0.15) is 29.3 Å². The summed E-state index contributed by atoms with van der Waals surface area (Å²) in [6, 6.07) is 14.0. The fraction of sp³-hybridized carbons (Fsp3) is 0.261. The van der Waals surface area contributed by atoms with E-state index in [1.165, 1.54) is 5.01 Å². The molecule has 2 aromatic carbocycles. The summed E-state index contributed by atoms with van der Waals surface area (Å²) in [4.78, 5) is 40.0. The third-order valence-corrected chi connectivity index (χ3v) is 6.53. The Morgan fingerprint density at radius 2 is 1.83 bits per heavy atom. The minimum atomic E-state index is -0.482. The van der Waals surface area contributed by atoms with Gasteiger partial charge in [-0.05, 0) is 42.2 Å². The lowest BCUT2D eigenvalue weighted by molar-refractivity contribution is -0.155. The van der Waals surface area contributed by atoms with Gasteiger partial charge in [0.05, 0.1) is 29.0 Å². The second-order valence-electron chi connectivity index (χ2n) is 7.61. The number of carbonyl (C=O) groups excluding carboxylic acids is 3. The first kappa shape index (κ1) is 20.8. The van der Waals surface area contributed by atoms with E-state index in [4.69, 9.17) is 11.6 Å². The second kappa shape index (κ2) is 8.36. The van der Waals surface area contributed by atoms with E-state index in [1.54, 1.807) is 24.3 Å². The zero-order chi connectivity index (χ0) is 21.4. The molecule has 1 aliphatic carbocycles. The molecule has 0 saturated carbocycles. The van der Waals surface area contributed by atoms with Crippen LogP contribution >= 0.6 is 27.5 Å². The maximum Gasteiger partial charge on any atom is 0.274 e. The number of carbonyl (C=O) groups is 3. The van der Waals surface area contributed by atoms with Crippen molar-refractivity contribution in [2.24, 2.45) is 17.8 Å². The highest BCUT2D eigenvalue weighted by atomic mass is 79.9. The van der Waals surface area contributed by atoms with Crippen molar-refractivity contribution in [1.29, 1.82) is 0 Å². The molecule has 30 heavy (non-hydrogen) atoms. The van der Waals surface area contributed by atoms with E-state index in [9.17, 15) is 14.4 Å². The molecule has 2 aromatic rings. The van der Waals surface area contributed by atoms with Gasteiger partial charge in [0.1, 0.15) is 0 Å². The summed E-state index contributed by atoms with van der Waals surface area (Å²) in [5, 5.41) is 2.56. The molecule has 5 nitrogen and oxygen atoms in total. The van der Waals surface area contributed by atoms with E-state index >= 15 is 0 Å². The summed E-state index contributed by atoms with van der Waals surface area (Å²) in [6.07, 6.45) is 4.41. The van der Waals surface area contributed by atoms with E-state index in [1.807, 2.05) is 43.3 Å².